The fourth-order valence-corrected chi connectivity index (χ4v) is 2.44. The van der Waals surface area contributed by atoms with E-state index in [1.54, 1.807) is 21.3 Å². The highest BCUT2D eigenvalue weighted by Gasteiger charge is 2.15. The summed E-state index contributed by atoms with van der Waals surface area (Å²) in [7, 11) is 4.82. The van der Waals surface area contributed by atoms with Crippen LogP contribution >= 0.6 is 31.9 Å². The van der Waals surface area contributed by atoms with Crippen molar-refractivity contribution in [3.8, 4) is 17.2 Å². The fraction of sp³-hybridized carbons (Fsp3) is 0.385. The number of methoxy groups -OCH3 is 3. The Morgan fingerprint density at radius 2 is 1.56 bits per heavy atom. The van der Waals surface area contributed by atoms with Gasteiger partial charge in [-0.05, 0) is 49.6 Å². The molecule has 0 aliphatic heterocycles. The van der Waals surface area contributed by atoms with Crippen LogP contribution in [0.3, 0.4) is 0 Å². The van der Waals surface area contributed by atoms with Crippen LogP contribution < -0.4 is 14.2 Å². The minimum atomic E-state index is 0.215. The van der Waals surface area contributed by atoms with Gasteiger partial charge in [-0.25, -0.2) is 0 Å². The summed E-state index contributed by atoms with van der Waals surface area (Å²) in [4.78, 5) is 0. The highest BCUT2D eigenvalue weighted by atomic mass is 79.9. The van der Waals surface area contributed by atoms with Crippen LogP contribution in [0.5, 0.6) is 17.2 Å². The Hall–Kier alpha value is -0.680. The molecule has 0 radical (unpaired) electrons. The average molecular weight is 380 g/mol. The van der Waals surface area contributed by atoms with Crippen molar-refractivity contribution in [2.24, 2.45) is 0 Å². The molecular formula is C13H16Br2O3. The molecule has 0 aliphatic carbocycles. The predicted molar refractivity (Wildman–Crippen MR) is 80.5 cm³/mol. The lowest BCUT2D eigenvalue weighted by molar-refractivity contribution is 0.323. The molecule has 0 aromatic heterocycles. The second-order valence-electron chi connectivity index (χ2n) is 3.70. The van der Waals surface area contributed by atoms with E-state index in [-0.39, 0.29) is 5.92 Å². The van der Waals surface area contributed by atoms with E-state index in [4.69, 9.17) is 14.2 Å². The van der Waals surface area contributed by atoms with E-state index in [0.29, 0.717) is 17.2 Å². The molecule has 0 amide bonds. The molecule has 5 heteroatoms. The first-order valence-corrected chi connectivity index (χ1v) is 6.94. The first-order valence-electron chi connectivity index (χ1n) is 5.36. The molecular weight excluding hydrogens is 364 g/mol. The number of hydrogen-bond donors (Lipinski definition) is 0. The van der Waals surface area contributed by atoms with E-state index in [2.05, 4.69) is 38.8 Å². The Morgan fingerprint density at radius 3 is 1.89 bits per heavy atom. The summed E-state index contributed by atoms with van der Waals surface area (Å²) in [6.07, 6.45) is 2.04. The Morgan fingerprint density at radius 1 is 1.06 bits per heavy atom. The second-order valence-corrected chi connectivity index (χ2v) is 6.48. The Balaban J connectivity index is 3.27. The second kappa shape index (κ2) is 7.04. The van der Waals surface area contributed by atoms with Gasteiger partial charge in [-0.2, -0.15) is 0 Å². The van der Waals surface area contributed by atoms with Gasteiger partial charge in [0.25, 0.3) is 0 Å². The van der Waals surface area contributed by atoms with Crippen molar-refractivity contribution < 1.29 is 14.2 Å². The monoisotopic (exact) mass is 378 g/mol. The zero-order chi connectivity index (χ0) is 13.7. The van der Waals surface area contributed by atoms with Gasteiger partial charge in [0.2, 0.25) is 5.75 Å². The van der Waals surface area contributed by atoms with Crippen molar-refractivity contribution in [3.63, 3.8) is 0 Å². The number of ether oxygens (including phenoxy) is 3. The Bertz CT molecular complexity index is 415. The third-order valence-electron chi connectivity index (χ3n) is 2.59. The molecule has 1 atom stereocenters. The van der Waals surface area contributed by atoms with Gasteiger partial charge >= 0.3 is 0 Å². The lowest BCUT2D eigenvalue weighted by atomic mass is 10.0. The SMILES string of the molecule is COc1cc(C(C)C=C(Br)Br)cc(OC)c1OC. The summed E-state index contributed by atoms with van der Waals surface area (Å²) < 4.78 is 16.9. The minimum Gasteiger partial charge on any atom is -0.493 e. The highest BCUT2D eigenvalue weighted by Crippen LogP contribution is 2.40. The van der Waals surface area contributed by atoms with Crippen LogP contribution in [0.2, 0.25) is 0 Å². The molecule has 1 rings (SSSR count). The van der Waals surface area contributed by atoms with Gasteiger partial charge in [-0.15, -0.1) is 0 Å². The van der Waals surface area contributed by atoms with E-state index in [1.807, 2.05) is 18.2 Å². The van der Waals surface area contributed by atoms with Gasteiger partial charge in [0.05, 0.1) is 24.7 Å². The van der Waals surface area contributed by atoms with Crippen molar-refractivity contribution in [2.45, 2.75) is 12.8 Å². The van der Waals surface area contributed by atoms with Crippen LogP contribution in [0, 0.1) is 0 Å². The van der Waals surface area contributed by atoms with Crippen LogP contribution in [0.25, 0.3) is 0 Å². The molecule has 3 nitrogen and oxygen atoms in total. The number of halogens is 2. The average Bonchev–Trinajstić information content (AvgIpc) is 2.35. The van der Waals surface area contributed by atoms with Gasteiger partial charge in [0.15, 0.2) is 11.5 Å². The van der Waals surface area contributed by atoms with Crippen LogP contribution in [0.15, 0.2) is 21.6 Å². The first-order chi connectivity index (χ1) is 8.53. The maximum absolute atomic E-state index is 5.33. The third-order valence-corrected chi connectivity index (χ3v) is 3.12. The molecule has 0 saturated carbocycles. The van der Waals surface area contributed by atoms with Gasteiger partial charge in [0, 0.05) is 5.92 Å². The Labute approximate surface area is 124 Å². The smallest absolute Gasteiger partial charge is 0.203 e. The quantitative estimate of drug-likeness (QED) is 0.756. The molecule has 18 heavy (non-hydrogen) atoms. The number of allylic oxidation sites excluding steroid dienone is 1. The lowest BCUT2D eigenvalue weighted by Crippen LogP contribution is -1.98. The van der Waals surface area contributed by atoms with Crippen LogP contribution in [0.4, 0.5) is 0 Å². The molecule has 0 aliphatic rings. The Kier molecular flexibility index (Phi) is 6.02. The van der Waals surface area contributed by atoms with Crippen molar-refractivity contribution >= 4 is 31.9 Å². The first kappa shape index (κ1) is 15.4. The number of benzene rings is 1. The number of hydrogen-bond acceptors (Lipinski definition) is 3. The predicted octanol–water partition coefficient (Wildman–Crippen LogP) is 4.45. The molecule has 1 aromatic carbocycles. The summed E-state index contributed by atoms with van der Waals surface area (Å²) in [5.74, 6) is 2.15. The van der Waals surface area contributed by atoms with Crippen LogP contribution in [-0.4, -0.2) is 21.3 Å². The standard InChI is InChI=1S/C13H16Br2O3/c1-8(5-12(14)15)9-6-10(16-2)13(18-4)11(7-9)17-3/h5-8H,1-4H3. The molecule has 0 spiro atoms. The van der Waals surface area contributed by atoms with E-state index < -0.39 is 0 Å². The molecule has 0 saturated heterocycles. The minimum absolute atomic E-state index is 0.215. The van der Waals surface area contributed by atoms with Crippen molar-refractivity contribution in [2.75, 3.05) is 21.3 Å². The summed E-state index contributed by atoms with van der Waals surface area (Å²) >= 11 is 6.72. The molecule has 0 heterocycles. The van der Waals surface area contributed by atoms with Crippen molar-refractivity contribution in [1.29, 1.82) is 0 Å². The molecule has 100 valence electrons. The molecule has 1 unspecified atom stereocenters. The lowest BCUT2D eigenvalue weighted by Gasteiger charge is -2.16. The topological polar surface area (TPSA) is 27.7 Å². The molecule has 0 bridgehead atoms. The van der Waals surface area contributed by atoms with Gasteiger partial charge in [0.1, 0.15) is 0 Å². The zero-order valence-electron chi connectivity index (χ0n) is 10.8. The normalized spacial score (nSPS) is 11.7. The van der Waals surface area contributed by atoms with E-state index in [0.717, 1.165) is 8.96 Å². The van der Waals surface area contributed by atoms with E-state index in [9.17, 15) is 0 Å². The van der Waals surface area contributed by atoms with Gasteiger partial charge in [-0.1, -0.05) is 13.0 Å². The summed E-state index contributed by atoms with van der Waals surface area (Å²) in [6, 6.07) is 3.90. The highest BCUT2D eigenvalue weighted by molar-refractivity contribution is 9.28. The van der Waals surface area contributed by atoms with Crippen molar-refractivity contribution in [3.05, 3.63) is 27.2 Å². The van der Waals surface area contributed by atoms with E-state index in [1.165, 1.54) is 0 Å². The summed E-state index contributed by atoms with van der Waals surface area (Å²) in [5, 5.41) is 0. The summed E-state index contributed by atoms with van der Waals surface area (Å²) in [5.41, 5.74) is 1.08. The molecule has 0 N–H and O–H groups in total. The molecule has 0 fully saturated rings. The third kappa shape index (κ3) is 3.65. The van der Waals surface area contributed by atoms with Crippen LogP contribution in [0.1, 0.15) is 18.4 Å². The van der Waals surface area contributed by atoms with Gasteiger partial charge in [-0.3, -0.25) is 0 Å². The number of rotatable bonds is 5. The molecule has 1 aromatic rings. The summed E-state index contributed by atoms with van der Waals surface area (Å²) in [6.45, 7) is 2.09. The maximum atomic E-state index is 5.33. The zero-order valence-corrected chi connectivity index (χ0v) is 14.0. The largest absolute Gasteiger partial charge is 0.493 e. The van der Waals surface area contributed by atoms with Gasteiger partial charge < -0.3 is 14.2 Å². The van der Waals surface area contributed by atoms with E-state index >= 15 is 0 Å². The van der Waals surface area contributed by atoms with Crippen LogP contribution in [-0.2, 0) is 0 Å². The fourth-order valence-electron chi connectivity index (χ4n) is 1.65. The van der Waals surface area contributed by atoms with Crippen molar-refractivity contribution in [1.82, 2.24) is 0 Å². The maximum Gasteiger partial charge on any atom is 0.203 e.